The lowest BCUT2D eigenvalue weighted by molar-refractivity contribution is -0.122. The third-order valence-corrected chi connectivity index (χ3v) is 0.955. The number of carbonyl (C=O) groups is 1. The zero-order valence-electron chi connectivity index (χ0n) is 4.31. The van der Waals surface area contributed by atoms with Crippen LogP contribution < -0.4 is 5.09 Å². The number of aliphatic hydroxyl groups is 1. The Labute approximate surface area is 50.7 Å². The molecule has 54 valence electrons. The maximum atomic E-state index is 9.97. The fourth-order valence-corrected chi connectivity index (χ4v) is 0.593. The van der Waals surface area contributed by atoms with E-state index < -0.39 is 20.3 Å². The molecule has 1 amide bonds. The van der Waals surface area contributed by atoms with E-state index in [1.807, 2.05) is 0 Å². The van der Waals surface area contributed by atoms with Crippen molar-refractivity contribution in [1.29, 1.82) is 0 Å². The standard InChI is InChI=1S/C2H6NO5P/c4-1-2(5)3-9(6,7)8/h4H,1H2,(H3,3,5,6,7,8). The van der Waals surface area contributed by atoms with Crippen molar-refractivity contribution in [3.63, 3.8) is 0 Å². The quantitative estimate of drug-likeness (QED) is 0.351. The van der Waals surface area contributed by atoms with Gasteiger partial charge in [-0.15, -0.1) is 0 Å². The third kappa shape index (κ3) is 5.45. The highest BCUT2D eigenvalue weighted by Gasteiger charge is 2.14. The predicted octanol–water partition coefficient (Wildman–Crippen LogP) is -1.81. The Kier molecular flexibility index (Phi) is 2.80. The SMILES string of the molecule is O=C(CO)NP(=O)(O)O. The van der Waals surface area contributed by atoms with Crippen LogP contribution in [-0.2, 0) is 9.36 Å². The average molecular weight is 155 g/mol. The van der Waals surface area contributed by atoms with E-state index in [2.05, 4.69) is 0 Å². The van der Waals surface area contributed by atoms with Gasteiger partial charge in [-0.2, -0.15) is 0 Å². The largest absolute Gasteiger partial charge is 0.429 e. The molecule has 0 atom stereocenters. The molecule has 0 aliphatic carbocycles. The molecule has 4 N–H and O–H groups in total. The molecule has 0 heterocycles. The summed E-state index contributed by atoms with van der Waals surface area (Å²) in [6.07, 6.45) is 0. The smallest absolute Gasteiger partial charge is 0.387 e. The maximum absolute atomic E-state index is 9.97. The van der Waals surface area contributed by atoms with E-state index in [4.69, 9.17) is 14.9 Å². The number of carbonyl (C=O) groups excluding carboxylic acids is 1. The second kappa shape index (κ2) is 2.93. The summed E-state index contributed by atoms with van der Waals surface area (Å²) in [6, 6.07) is 0. The van der Waals surface area contributed by atoms with Gasteiger partial charge in [0.15, 0.2) is 0 Å². The number of hydrogen-bond donors (Lipinski definition) is 4. The Bertz CT molecular complexity index is 149. The summed E-state index contributed by atoms with van der Waals surface area (Å²) in [7, 11) is -4.50. The molecule has 0 fully saturated rings. The summed E-state index contributed by atoms with van der Waals surface area (Å²) in [6.45, 7) is -0.925. The summed E-state index contributed by atoms with van der Waals surface area (Å²) >= 11 is 0. The van der Waals surface area contributed by atoms with E-state index in [1.54, 1.807) is 0 Å². The molecular weight excluding hydrogens is 149 g/mol. The molecule has 0 aromatic rings. The van der Waals surface area contributed by atoms with Crippen LogP contribution in [0.3, 0.4) is 0 Å². The Hall–Kier alpha value is -0.420. The molecule has 0 aromatic carbocycles. The van der Waals surface area contributed by atoms with Crippen LogP contribution in [0.4, 0.5) is 0 Å². The third-order valence-electron chi connectivity index (χ3n) is 0.414. The lowest BCUT2D eigenvalue weighted by atomic mass is 10.7. The van der Waals surface area contributed by atoms with Gasteiger partial charge >= 0.3 is 7.75 Å². The van der Waals surface area contributed by atoms with Crippen LogP contribution in [-0.4, -0.2) is 27.4 Å². The molecule has 7 heteroatoms. The van der Waals surface area contributed by atoms with E-state index in [9.17, 15) is 9.36 Å². The van der Waals surface area contributed by atoms with Crippen molar-refractivity contribution < 1.29 is 24.3 Å². The second-order valence-corrected chi connectivity index (χ2v) is 2.55. The van der Waals surface area contributed by atoms with Gasteiger partial charge in [0, 0.05) is 0 Å². The summed E-state index contributed by atoms with van der Waals surface area (Å²) in [4.78, 5) is 25.9. The van der Waals surface area contributed by atoms with Crippen LogP contribution in [0.5, 0.6) is 0 Å². The molecule has 0 aliphatic heterocycles. The van der Waals surface area contributed by atoms with Crippen LogP contribution in [0, 0.1) is 0 Å². The molecule has 0 saturated carbocycles. The van der Waals surface area contributed by atoms with Crippen LogP contribution in [0.15, 0.2) is 0 Å². The Morgan fingerprint density at radius 3 is 2.11 bits per heavy atom. The fourth-order valence-electron chi connectivity index (χ4n) is 0.198. The molecule has 0 aromatic heterocycles. The Morgan fingerprint density at radius 1 is 1.56 bits per heavy atom. The van der Waals surface area contributed by atoms with Gasteiger partial charge in [-0.25, -0.2) is 4.57 Å². The van der Waals surface area contributed by atoms with Crippen molar-refractivity contribution in [3.8, 4) is 0 Å². The first-order chi connectivity index (χ1) is 3.95. The van der Waals surface area contributed by atoms with E-state index in [1.165, 1.54) is 5.09 Å². The Balaban J connectivity index is 3.75. The summed E-state index contributed by atoms with van der Waals surface area (Å²) in [5.41, 5.74) is 0. The highest BCUT2D eigenvalue weighted by atomic mass is 31.2. The van der Waals surface area contributed by atoms with E-state index in [0.29, 0.717) is 0 Å². The topological polar surface area (TPSA) is 107 Å². The van der Waals surface area contributed by atoms with Crippen molar-refractivity contribution in [3.05, 3.63) is 0 Å². The zero-order chi connectivity index (χ0) is 7.49. The zero-order valence-corrected chi connectivity index (χ0v) is 5.21. The summed E-state index contributed by atoms with van der Waals surface area (Å²) in [5.74, 6) is -1.09. The van der Waals surface area contributed by atoms with Crippen molar-refractivity contribution >= 4 is 13.7 Å². The minimum absolute atomic E-state index is 0.925. The monoisotopic (exact) mass is 155 g/mol. The molecule has 0 bridgehead atoms. The number of nitrogens with one attached hydrogen (secondary N) is 1. The van der Waals surface area contributed by atoms with Gasteiger partial charge in [-0.1, -0.05) is 0 Å². The molecule has 0 saturated heterocycles. The van der Waals surface area contributed by atoms with Gasteiger partial charge in [0.2, 0.25) is 0 Å². The van der Waals surface area contributed by atoms with Gasteiger partial charge < -0.3 is 14.9 Å². The first-order valence-electron chi connectivity index (χ1n) is 1.93. The van der Waals surface area contributed by atoms with Crippen LogP contribution in [0.25, 0.3) is 0 Å². The molecule has 0 rings (SSSR count). The molecule has 9 heavy (non-hydrogen) atoms. The summed E-state index contributed by atoms with van der Waals surface area (Å²) < 4.78 is 9.85. The lowest BCUT2D eigenvalue weighted by Gasteiger charge is -2.02. The van der Waals surface area contributed by atoms with Crippen LogP contribution in [0.1, 0.15) is 0 Å². The molecule has 6 nitrogen and oxygen atoms in total. The van der Waals surface area contributed by atoms with Gasteiger partial charge in [0.05, 0.1) is 0 Å². The van der Waals surface area contributed by atoms with Gasteiger partial charge in [-0.05, 0) is 0 Å². The highest BCUT2D eigenvalue weighted by Crippen LogP contribution is 2.27. The Morgan fingerprint density at radius 2 is 2.00 bits per heavy atom. The number of amides is 1. The highest BCUT2D eigenvalue weighted by molar-refractivity contribution is 7.50. The first-order valence-corrected chi connectivity index (χ1v) is 3.54. The molecule has 0 spiro atoms. The maximum Gasteiger partial charge on any atom is 0.429 e. The van der Waals surface area contributed by atoms with Gasteiger partial charge in [0.1, 0.15) is 6.61 Å². The molecule has 0 aliphatic rings. The number of aliphatic hydroxyl groups excluding tert-OH is 1. The van der Waals surface area contributed by atoms with Crippen molar-refractivity contribution in [2.75, 3.05) is 6.61 Å². The van der Waals surface area contributed by atoms with E-state index in [0.717, 1.165) is 0 Å². The summed E-state index contributed by atoms with van der Waals surface area (Å²) in [5, 5.41) is 9.19. The van der Waals surface area contributed by atoms with Crippen LogP contribution in [0.2, 0.25) is 0 Å². The normalized spacial score (nSPS) is 11.0. The van der Waals surface area contributed by atoms with Crippen LogP contribution >= 0.6 is 7.75 Å². The number of hydrogen-bond acceptors (Lipinski definition) is 3. The first kappa shape index (κ1) is 8.58. The molecular formula is C2H6NO5P. The van der Waals surface area contributed by atoms with E-state index in [-0.39, 0.29) is 0 Å². The molecule has 0 unspecified atom stereocenters. The van der Waals surface area contributed by atoms with Gasteiger partial charge in [0.25, 0.3) is 5.91 Å². The van der Waals surface area contributed by atoms with Gasteiger partial charge in [-0.3, -0.25) is 9.88 Å². The molecule has 0 radical (unpaired) electrons. The predicted molar refractivity (Wildman–Crippen MR) is 27.3 cm³/mol. The van der Waals surface area contributed by atoms with Crippen molar-refractivity contribution in [2.45, 2.75) is 0 Å². The van der Waals surface area contributed by atoms with Crippen molar-refractivity contribution in [2.24, 2.45) is 0 Å². The van der Waals surface area contributed by atoms with Crippen molar-refractivity contribution in [1.82, 2.24) is 5.09 Å². The lowest BCUT2D eigenvalue weighted by Crippen LogP contribution is -2.22. The van der Waals surface area contributed by atoms with E-state index >= 15 is 0 Å². The minimum atomic E-state index is -4.50. The fraction of sp³-hybridized carbons (Fsp3) is 0.500. The number of rotatable bonds is 2. The average Bonchev–Trinajstić information content (AvgIpc) is 1.62. The second-order valence-electron chi connectivity index (χ2n) is 1.24. The minimum Gasteiger partial charge on any atom is -0.387 e.